The maximum atomic E-state index is 4.07. The number of imidazole rings is 1. The topological polar surface area (TPSA) is 29.9 Å². The van der Waals surface area contributed by atoms with Gasteiger partial charge in [-0.1, -0.05) is 34.1 Å². The molecule has 0 aliphatic rings. The highest BCUT2D eigenvalue weighted by Gasteiger charge is 1.98. The molecule has 0 saturated heterocycles. The fourth-order valence-electron chi connectivity index (χ4n) is 1.99. The van der Waals surface area contributed by atoms with Gasteiger partial charge in [0.2, 0.25) is 0 Å². The molecule has 0 aliphatic heterocycles. The lowest BCUT2D eigenvalue weighted by molar-refractivity contribution is 1.05. The SMILES string of the molecule is Brc1ccc(CNc2cccc(-n3ccnc3)c2)cc1. The van der Waals surface area contributed by atoms with Gasteiger partial charge in [0.25, 0.3) is 0 Å². The van der Waals surface area contributed by atoms with Gasteiger partial charge in [0.1, 0.15) is 0 Å². The summed E-state index contributed by atoms with van der Waals surface area (Å²) in [5.74, 6) is 0. The van der Waals surface area contributed by atoms with Crippen molar-refractivity contribution in [2.45, 2.75) is 6.54 Å². The molecule has 4 heteroatoms. The van der Waals surface area contributed by atoms with E-state index in [4.69, 9.17) is 0 Å². The third kappa shape index (κ3) is 3.08. The van der Waals surface area contributed by atoms with Crippen molar-refractivity contribution in [3.63, 3.8) is 0 Å². The summed E-state index contributed by atoms with van der Waals surface area (Å²) in [6, 6.07) is 16.6. The number of anilines is 1. The van der Waals surface area contributed by atoms with E-state index in [0.717, 1.165) is 22.4 Å². The smallest absolute Gasteiger partial charge is 0.0991 e. The van der Waals surface area contributed by atoms with Crippen molar-refractivity contribution in [2.75, 3.05) is 5.32 Å². The van der Waals surface area contributed by atoms with Crippen LogP contribution in [-0.2, 0) is 6.54 Å². The lowest BCUT2D eigenvalue weighted by Gasteiger charge is -2.09. The molecule has 0 atom stereocenters. The molecule has 0 saturated carbocycles. The van der Waals surface area contributed by atoms with Crippen molar-refractivity contribution in [3.8, 4) is 5.69 Å². The number of benzene rings is 2. The second kappa shape index (κ2) is 5.92. The van der Waals surface area contributed by atoms with Crippen molar-refractivity contribution in [3.05, 3.63) is 77.3 Å². The second-order valence-electron chi connectivity index (χ2n) is 4.50. The van der Waals surface area contributed by atoms with Gasteiger partial charge in [0, 0.05) is 34.8 Å². The zero-order valence-electron chi connectivity index (χ0n) is 10.8. The third-order valence-electron chi connectivity index (χ3n) is 3.06. The Morgan fingerprint density at radius 2 is 1.95 bits per heavy atom. The van der Waals surface area contributed by atoms with Gasteiger partial charge in [-0.3, -0.25) is 0 Å². The van der Waals surface area contributed by atoms with E-state index in [1.165, 1.54) is 5.56 Å². The van der Waals surface area contributed by atoms with Crippen molar-refractivity contribution < 1.29 is 0 Å². The third-order valence-corrected chi connectivity index (χ3v) is 3.59. The number of hydrogen-bond donors (Lipinski definition) is 1. The minimum Gasteiger partial charge on any atom is -0.381 e. The number of nitrogens with one attached hydrogen (secondary N) is 1. The largest absolute Gasteiger partial charge is 0.381 e. The predicted molar refractivity (Wildman–Crippen MR) is 85.0 cm³/mol. The second-order valence-corrected chi connectivity index (χ2v) is 5.42. The van der Waals surface area contributed by atoms with Gasteiger partial charge in [0.05, 0.1) is 6.33 Å². The van der Waals surface area contributed by atoms with Crippen LogP contribution in [0.25, 0.3) is 5.69 Å². The Morgan fingerprint density at radius 3 is 2.70 bits per heavy atom. The van der Waals surface area contributed by atoms with E-state index < -0.39 is 0 Å². The molecule has 0 fully saturated rings. The highest BCUT2D eigenvalue weighted by Crippen LogP contribution is 2.16. The molecule has 0 amide bonds. The molecule has 0 bridgehead atoms. The minimum atomic E-state index is 0.806. The number of aromatic nitrogens is 2. The minimum absolute atomic E-state index is 0.806. The average molecular weight is 328 g/mol. The van der Waals surface area contributed by atoms with Gasteiger partial charge in [-0.05, 0) is 35.9 Å². The van der Waals surface area contributed by atoms with Crippen molar-refractivity contribution in [1.82, 2.24) is 9.55 Å². The maximum absolute atomic E-state index is 4.07. The normalized spacial score (nSPS) is 10.4. The summed E-state index contributed by atoms with van der Waals surface area (Å²) in [6.45, 7) is 0.806. The number of hydrogen-bond acceptors (Lipinski definition) is 2. The van der Waals surface area contributed by atoms with E-state index in [-0.39, 0.29) is 0 Å². The number of nitrogens with zero attached hydrogens (tertiary/aromatic N) is 2. The quantitative estimate of drug-likeness (QED) is 0.776. The Kier molecular flexibility index (Phi) is 3.83. The Labute approximate surface area is 126 Å². The van der Waals surface area contributed by atoms with E-state index in [2.05, 4.69) is 68.7 Å². The highest BCUT2D eigenvalue weighted by atomic mass is 79.9. The number of halogens is 1. The van der Waals surface area contributed by atoms with Crippen LogP contribution < -0.4 is 5.32 Å². The molecule has 3 nitrogen and oxygen atoms in total. The molecule has 3 aromatic rings. The van der Waals surface area contributed by atoms with E-state index in [9.17, 15) is 0 Å². The van der Waals surface area contributed by atoms with Crippen LogP contribution in [0.1, 0.15) is 5.56 Å². The van der Waals surface area contributed by atoms with Gasteiger partial charge in [0.15, 0.2) is 0 Å². The fraction of sp³-hybridized carbons (Fsp3) is 0.0625. The van der Waals surface area contributed by atoms with Crippen LogP contribution in [0.15, 0.2) is 71.7 Å². The van der Waals surface area contributed by atoms with Crippen LogP contribution in [0.3, 0.4) is 0 Å². The van der Waals surface area contributed by atoms with Crippen LogP contribution >= 0.6 is 15.9 Å². The van der Waals surface area contributed by atoms with Gasteiger partial charge in [-0.25, -0.2) is 4.98 Å². The lowest BCUT2D eigenvalue weighted by atomic mass is 10.2. The maximum Gasteiger partial charge on any atom is 0.0991 e. The van der Waals surface area contributed by atoms with Crippen LogP contribution in [0.2, 0.25) is 0 Å². The molecule has 20 heavy (non-hydrogen) atoms. The molecule has 1 heterocycles. The molecular formula is C16H14BrN3. The zero-order valence-corrected chi connectivity index (χ0v) is 12.4. The first-order valence-corrected chi connectivity index (χ1v) is 7.17. The molecule has 1 N–H and O–H groups in total. The number of rotatable bonds is 4. The molecule has 100 valence electrons. The molecule has 0 aliphatic carbocycles. The molecule has 3 rings (SSSR count). The predicted octanol–water partition coefficient (Wildman–Crippen LogP) is 4.25. The summed E-state index contributed by atoms with van der Waals surface area (Å²) in [4.78, 5) is 4.07. The van der Waals surface area contributed by atoms with Crippen LogP contribution in [0.5, 0.6) is 0 Å². The van der Waals surface area contributed by atoms with Crippen LogP contribution in [-0.4, -0.2) is 9.55 Å². The Bertz CT molecular complexity index is 675. The summed E-state index contributed by atoms with van der Waals surface area (Å²) in [5.41, 5.74) is 3.45. The van der Waals surface area contributed by atoms with Crippen molar-refractivity contribution in [2.24, 2.45) is 0 Å². The van der Waals surface area contributed by atoms with Crippen LogP contribution in [0.4, 0.5) is 5.69 Å². The van der Waals surface area contributed by atoms with Crippen molar-refractivity contribution in [1.29, 1.82) is 0 Å². The Hall–Kier alpha value is -2.07. The summed E-state index contributed by atoms with van der Waals surface area (Å²) in [5, 5.41) is 3.43. The average Bonchev–Trinajstić information content (AvgIpc) is 3.01. The van der Waals surface area contributed by atoms with E-state index in [1.54, 1.807) is 12.5 Å². The summed E-state index contributed by atoms with van der Waals surface area (Å²) >= 11 is 3.44. The molecule has 0 radical (unpaired) electrons. The molecule has 2 aromatic carbocycles. The van der Waals surface area contributed by atoms with Crippen LogP contribution in [0, 0.1) is 0 Å². The molecule has 0 unspecified atom stereocenters. The summed E-state index contributed by atoms with van der Waals surface area (Å²) in [6.07, 6.45) is 5.52. The molecule has 0 spiro atoms. The zero-order chi connectivity index (χ0) is 13.8. The van der Waals surface area contributed by atoms with Gasteiger partial charge < -0.3 is 9.88 Å². The first-order chi connectivity index (χ1) is 9.81. The van der Waals surface area contributed by atoms with Gasteiger partial charge in [-0.2, -0.15) is 0 Å². The first-order valence-electron chi connectivity index (χ1n) is 6.38. The lowest BCUT2D eigenvalue weighted by Crippen LogP contribution is -2.00. The molecule has 1 aromatic heterocycles. The van der Waals surface area contributed by atoms with E-state index >= 15 is 0 Å². The monoisotopic (exact) mass is 327 g/mol. The standard InChI is InChI=1S/C16H14BrN3/c17-14-6-4-13(5-7-14)11-19-15-2-1-3-16(10-15)20-9-8-18-12-20/h1-10,12,19H,11H2. The Balaban J connectivity index is 1.72. The summed E-state index contributed by atoms with van der Waals surface area (Å²) < 4.78 is 3.09. The fourth-order valence-corrected chi connectivity index (χ4v) is 2.26. The van der Waals surface area contributed by atoms with E-state index in [0.29, 0.717) is 0 Å². The summed E-state index contributed by atoms with van der Waals surface area (Å²) in [7, 11) is 0. The molecular weight excluding hydrogens is 314 g/mol. The van der Waals surface area contributed by atoms with Gasteiger partial charge in [-0.15, -0.1) is 0 Å². The highest BCUT2D eigenvalue weighted by molar-refractivity contribution is 9.10. The first kappa shape index (κ1) is 12.9. The van der Waals surface area contributed by atoms with Gasteiger partial charge >= 0.3 is 0 Å². The van der Waals surface area contributed by atoms with Crippen molar-refractivity contribution >= 4 is 21.6 Å². The van der Waals surface area contributed by atoms with E-state index in [1.807, 2.05) is 16.8 Å². The Morgan fingerprint density at radius 1 is 1.10 bits per heavy atom.